The van der Waals surface area contributed by atoms with Crippen LogP contribution in [0.5, 0.6) is 5.75 Å². The van der Waals surface area contributed by atoms with Crippen molar-refractivity contribution in [1.82, 2.24) is 4.90 Å². The number of halogens is 2. The molecule has 2 aromatic rings. The quantitative estimate of drug-likeness (QED) is 0.844. The van der Waals surface area contributed by atoms with Crippen molar-refractivity contribution in [3.63, 3.8) is 0 Å². The van der Waals surface area contributed by atoms with Gasteiger partial charge in [0.15, 0.2) is 0 Å². The number of benzene rings is 2. The van der Waals surface area contributed by atoms with E-state index in [9.17, 15) is 13.6 Å². The number of para-hydroxylation sites is 1. The minimum absolute atomic E-state index is 0.0438. The molecule has 1 aliphatic heterocycles. The average Bonchev–Trinajstić information content (AvgIpc) is 3.36. The van der Waals surface area contributed by atoms with E-state index in [0.29, 0.717) is 26.1 Å². The van der Waals surface area contributed by atoms with E-state index in [0.717, 1.165) is 11.3 Å². The van der Waals surface area contributed by atoms with Crippen molar-refractivity contribution in [3.8, 4) is 5.75 Å². The lowest BCUT2D eigenvalue weighted by atomic mass is 10.1. The maximum atomic E-state index is 13.9. The molecule has 1 fully saturated rings. The Labute approximate surface area is 138 Å². The summed E-state index contributed by atoms with van der Waals surface area (Å²) in [5, 5.41) is 0. The third-order valence-electron chi connectivity index (χ3n) is 4.74. The van der Waals surface area contributed by atoms with Crippen LogP contribution in [0, 0.1) is 17.6 Å². The van der Waals surface area contributed by atoms with Gasteiger partial charge < -0.3 is 9.64 Å². The van der Waals surface area contributed by atoms with Crippen molar-refractivity contribution in [1.29, 1.82) is 0 Å². The molecule has 24 heavy (non-hydrogen) atoms. The third kappa shape index (κ3) is 2.64. The minimum Gasteiger partial charge on any atom is -0.491 e. The molecule has 1 saturated carbocycles. The molecule has 1 amide bonds. The molecule has 0 bridgehead atoms. The van der Waals surface area contributed by atoms with E-state index >= 15 is 0 Å². The molecule has 0 N–H and O–H groups in total. The normalized spacial score (nSPS) is 22.3. The zero-order valence-corrected chi connectivity index (χ0v) is 13.0. The molecule has 0 unspecified atom stereocenters. The highest BCUT2D eigenvalue weighted by Gasteiger charge is 2.48. The summed E-state index contributed by atoms with van der Waals surface area (Å²) in [6.07, 6.45) is 0.496. The van der Waals surface area contributed by atoms with Crippen LogP contribution in [0.3, 0.4) is 0 Å². The number of rotatable bonds is 2. The van der Waals surface area contributed by atoms with Crippen molar-refractivity contribution in [2.45, 2.75) is 18.9 Å². The van der Waals surface area contributed by atoms with Crippen LogP contribution in [-0.2, 0) is 11.3 Å². The summed E-state index contributed by atoms with van der Waals surface area (Å²) < 4.78 is 33.5. The lowest BCUT2D eigenvalue weighted by Crippen LogP contribution is -2.34. The van der Waals surface area contributed by atoms with Gasteiger partial charge >= 0.3 is 0 Å². The first-order chi connectivity index (χ1) is 11.6. The van der Waals surface area contributed by atoms with Crippen molar-refractivity contribution in [3.05, 3.63) is 65.2 Å². The van der Waals surface area contributed by atoms with E-state index in [4.69, 9.17) is 4.74 Å². The molecule has 0 spiro atoms. The van der Waals surface area contributed by atoms with Gasteiger partial charge in [0, 0.05) is 29.5 Å². The summed E-state index contributed by atoms with van der Waals surface area (Å²) in [4.78, 5) is 14.5. The van der Waals surface area contributed by atoms with E-state index in [2.05, 4.69) is 0 Å². The van der Waals surface area contributed by atoms with Crippen LogP contribution in [0.15, 0.2) is 42.5 Å². The predicted octanol–water partition coefficient (Wildman–Crippen LogP) is 3.49. The third-order valence-corrected chi connectivity index (χ3v) is 4.74. The molecule has 2 aromatic carbocycles. The smallest absolute Gasteiger partial charge is 0.226 e. The fraction of sp³-hybridized carbons (Fsp3) is 0.316. The second kappa shape index (κ2) is 5.89. The first-order valence-electron chi connectivity index (χ1n) is 8.08. The van der Waals surface area contributed by atoms with Gasteiger partial charge in [-0.25, -0.2) is 8.78 Å². The molecule has 4 rings (SSSR count). The summed E-state index contributed by atoms with van der Waals surface area (Å²) >= 11 is 0. The van der Waals surface area contributed by atoms with Crippen LogP contribution in [0.25, 0.3) is 0 Å². The Morgan fingerprint density at radius 2 is 1.83 bits per heavy atom. The topological polar surface area (TPSA) is 29.5 Å². The Kier molecular flexibility index (Phi) is 3.71. The average molecular weight is 329 g/mol. The number of hydrogen-bond acceptors (Lipinski definition) is 2. The number of amides is 1. The molecular formula is C19H17F2NO2. The van der Waals surface area contributed by atoms with Crippen molar-refractivity contribution < 1.29 is 18.3 Å². The Bertz CT molecular complexity index is 772. The van der Waals surface area contributed by atoms with Gasteiger partial charge in [-0.1, -0.05) is 24.3 Å². The summed E-state index contributed by atoms with van der Waals surface area (Å²) in [6.45, 7) is 1.38. The highest BCUT2D eigenvalue weighted by Crippen LogP contribution is 2.50. The molecule has 0 radical (unpaired) electrons. The summed E-state index contributed by atoms with van der Waals surface area (Å²) in [5.74, 6) is -1.11. The Balaban J connectivity index is 1.52. The van der Waals surface area contributed by atoms with Crippen molar-refractivity contribution in [2.24, 2.45) is 5.92 Å². The first-order valence-corrected chi connectivity index (χ1v) is 8.08. The number of ether oxygens (including phenoxy) is 1. The summed E-state index contributed by atoms with van der Waals surface area (Å²) in [6, 6.07) is 11.5. The fourth-order valence-electron chi connectivity index (χ4n) is 3.40. The van der Waals surface area contributed by atoms with Gasteiger partial charge in [0.2, 0.25) is 5.91 Å². The zero-order valence-electron chi connectivity index (χ0n) is 13.0. The summed E-state index contributed by atoms with van der Waals surface area (Å²) in [5.41, 5.74) is 1.000. The van der Waals surface area contributed by atoms with Crippen LogP contribution in [0.4, 0.5) is 8.78 Å². The SMILES string of the molecule is O=C([C@@H]1C[C@H]1c1c(F)cccc1F)N1CCOc2ccccc2C1. The molecule has 2 aliphatic rings. The number of carbonyl (C=O) groups excluding carboxylic acids is 1. The standard InChI is InChI=1S/C19H17F2NO2/c20-15-5-3-6-16(21)18(15)13-10-14(13)19(23)22-8-9-24-17-7-2-1-4-12(17)11-22/h1-7,13-14H,8-11H2/t13-,14-/m1/s1. The number of hydrogen-bond donors (Lipinski definition) is 0. The maximum Gasteiger partial charge on any atom is 0.226 e. The lowest BCUT2D eigenvalue weighted by molar-refractivity contribution is -0.133. The van der Waals surface area contributed by atoms with E-state index < -0.39 is 11.6 Å². The second-order valence-electron chi connectivity index (χ2n) is 6.30. The largest absolute Gasteiger partial charge is 0.491 e. The van der Waals surface area contributed by atoms with Gasteiger partial charge in [0.1, 0.15) is 24.0 Å². The molecular weight excluding hydrogens is 312 g/mol. The molecule has 1 aliphatic carbocycles. The summed E-state index contributed by atoms with van der Waals surface area (Å²) in [7, 11) is 0. The van der Waals surface area contributed by atoms with Crippen LogP contribution in [-0.4, -0.2) is 24.0 Å². The predicted molar refractivity (Wildman–Crippen MR) is 84.6 cm³/mol. The van der Waals surface area contributed by atoms with Crippen LogP contribution in [0.2, 0.25) is 0 Å². The monoisotopic (exact) mass is 329 g/mol. The zero-order chi connectivity index (χ0) is 16.7. The van der Waals surface area contributed by atoms with Crippen LogP contribution < -0.4 is 4.74 Å². The van der Waals surface area contributed by atoms with Crippen LogP contribution in [0.1, 0.15) is 23.5 Å². The van der Waals surface area contributed by atoms with Gasteiger partial charge in [0.25, 0.3) is 0 Å². The molecule has 0 aromatic heterocycles. The number of carbonyl (C=O) groups is 1. The van der Waals surface area contributed by atoms with Crippen molar-refractivity contribution in [2.75, 3.05) is 13.2 Å². The molecule has 0 saturated heterocycles. The van der Waals surface area contributed by atoms with Crippen LogP contribution >= 0.6 is 0 Å². The molecule has 2 atom stereocenters. The fourth-order valence-corrected chi connectivity index (χ4v) is 3.40. The molecule has 1 heterocycles. The second-order valence-corrected chi connectivity index (χ2v) is 6.30. The van der Waals surface area contributed by atoms with E-state index in [-0.39, 0.29) is 23.3 Å². The minimum atomic E-state index is -0.570. The van der Waals surface area contributed by atoms with Crippen molar-refractivity contribution >= 4 is 5.91 Å². The maximum absolute atomic E-state index is 13.9. The lowest BCUT2D eigenvalue weighted by Gasteiger charge is -2.20. The van der Waals surface area contributed by atoms with E-state index in [1.807, 2.05) is 24.3 Å². The Hall–Kier alpha value is -2.43. The molecule has 3 nitrogen and oxygen atoms in total. The Morgan fingerprint density at radius 1 is 1.08 bits per heavy atom. The first kappa shape index (κ1) is 15.1. The van der Waals surface area contributed by atoms with Gasteiger partial charge in [0.05, 0.1) is 6.54 Å². The van der Waals surface area contributed by atoms with Gasteiger partial charge in [-0.2, -0.15) is 0 Å². The molecule has 5 heteroatoms. The number of fused-ring (bicyclic) bond motifs is 1. The van der Waals surface area contributed by atoms with Gasteiger partial charge in [-0.05, 0) is 24.6 Å². The molecule has 124 valence electrons. The highest BCUT2D eigenvalue weighted by molar-refractivity contribution is 5.83. The Morgan fingerprint density at radius 3 is 2.62 bits per heavy atom. The highest BCUT2D eigenvalue weighted by atomic mass is 19.1. The number of nitrogens with zero attached hydrogens (tertiary/aromatic N) is 1. The van der Waals surface area contributed by atoms with E-state index in [1.165, 1.54) is 18.2 Å². The van der Waals surface area contributed by atoms with Gasteiger partial charge in [-0.15, -0.1) is 0 Å². The van der Waals surface area contributed by atoms with Gasteiger partial charge in [-0.3, -0.25) is 4.79 Å². The van der Waals surface area contributed by atoms with E-state index in [1.54, 1.807) is 4.90 Å².